The Balaban J connectivity index is 1.64. The van der Waals surface area contributed by atoms with E-state index in [4.69, 9.17) is 11.6 Å². The minimum absolute atomic E-state index is 0.250. The van der Waals surface area contributed by atoms with Crippen molar-refractivity contribution in [1.29, 1.82) is 0 Å². The van der Waals surface area contributed by atoms with Crippen LogP contribution in [0.25, 0.3) is 11.4 Å². The highest BCUT2D eigenvalue weighted by Crippen LogP contribution is 2.38. The van der Waals surface area contributed by atoms with E-state index < -0.39 is 0 Å². The first-order chi connectivity index (χ1) is 13.0. The van der Waals surface area contributed by atoms with Gasteiger partial charge in [0.2, 0.25) is 0 Å². The molecule has 2 aromatic heterocycles. The van der Waals surface area contributed by atoms with E-state index in [0.717, 1.165) is 23.0 Å². The molecule has 2 heterocycles. The minimum atomic E-state index is -0.316. The Morgan fingerprint density at radius 1 is 1.26 bits per heavy atom. The summed E-state index contributed by atoms with van der Waals surface area (Å²) in [4.78, 5) is 1.50. The lowest BCUT2D eigenvalue weighted by atomic mass is 9.95. The fourth-order valence-corrected chi connectivity index (χ4v) is 6.00. The van der Waals surface area contributed by atoms with Crippen LogP contribution in [0.4, 0.5) is 4.39 Å². The Bertz CT molecular complexity index is 964. The van der Waals surface area contributed by atoms with Crippen LogP contribution in [0.5, 0.6) is 0 Å². The van der Waals surface area contributed by atoms with Gasteiger partial charge in [-0.25, -0.2) is 4.39 Å². The van der Waals surface area contributed by atoms with Crippen molar-refractivity contribution < 1.29 is 4.39 Å². The number of thiophene rings is 1. The molecule has 0 amide bonds. The topological polar surface area (TPSA) is 30.7 Å². The van der Waals surface area contributed by atoms with Crippen molar-refractivity contribution >= 4 is 34.7 Å². The monoisotopic (exact) mass is 421 g/mol. The lowest BCUT2D eigenvalue weighted by Crippen LogP contribution is -2.07. The maximum absolute atomic E-state index is 13.3. The number of benzene rings is 1. The van der Waals surface area contributed by atoms with E-state index in [0.29, 0.717) is 10.8 Å². The van der Waals surface area contributed by atoms with Crippen LogP contribution in [0.3, 0.4) is 0 Å². The van der Waals surface area contributed by atoms with Crippen molar-refractivity contribution in [3.05, 3.63) is 50.4 Å². The first-order valence-electron chi connectivity index (χ1n) is 9.16. The van der Waals surface area contributed by atoms with E-state index in [1.165, 1.54) is 47.4 Å². The van der Waals surface area contributed by atoms with Gasteiger partial charge in [-0.15, -0.1) is 21.5 Å². The second-order valence-electron chi connectivity index (χ2n) is 7.05. The van der Waals surface area contributed by atoms with Gasteiger partial charge < -0.3 is 0 Å². The third-order valence-corrected chi connectivity index (χ3v) is 7.29. The molecule has 0 saturated heterocycles. The molecule has 3 aromatic rings. The number of nitrogens with zero attached hydrogens (tertiary/aromatic N) is 3. The van der Waals surface area contributed by atoms with Crippen molar-refractivity contribution in [3.8, 4) is 11.4 Å². The molecule has 0 N–H and O–H groups in total. The van der Waals surface area contributed by atoms with Crippen LogP contribution in [0.2, 0.25) is 5.02 Å². The number of hydrogen-bond acceptors (Lipinski definition) is 4. The number of thioether (sulfide) groups is 1. The van der Waals surface area contributed by atoms with E-state index in [1.54, 1.807) is 17.8 Å². The number of aromatic nitrogens is 3. The Morgan fingerprint density at radius 3 is 2.85 bits per heavy atom. The van der Waals surface area contributed by atoms with Gasteiger partial charge in [0.25, 0.3) is 0 Å². The zero-order chi connectivity index (χ0) is 19.0. The van der Waals surface area contributed by atoms with Gasteiger partial charge in [-0.1, -0.05) is 29.4 Å². The normalized spacial score (nSPS) is 14.0. The summed E-state index contributed by atoms with van der Waals surface area (Å²) >= 11 is 9.61. The molecule has 0 spiro atoms. The molecule has 0 atom stereocenters. The fourth-order valence-electron chi connectivity index (χ4n) is 3.49. The third kappa shape index (κ3) is 3.80. The summed E-state index contributed by atoms with van der Waals surface area (Å²) in [5.41, 5.74) is 3.59. The highest BCUT2D eigenvalue weighted by atomic mass is 35.5. The van der Waals surface area contributed by atoms with Gasteiger partial charge in [-0.3, -0.25) is 4.57 Å². The lowest BCUT2D eigenvalue weighted by molar-refractivity contribution is 0.554. The maximum Gasteiger partial charge on any atom is 0.192 e. The average Bonchev–Trinajstić information content (AvgIpc) is 3.24. The van der Waals surface area contributed by atoms with Gasteiger partial charge in [0.05, 0.1) is 0 Å². The van der Waals surface area contributed by atoms with Gasteiger partial charge in [0, 0.05) is 32.6 Å². The second kappa shape index (κ2) is 7.94. The number of hydrogen-bond donors (Lipinski definition) is 0. The van der Waals surface area contributed by atoms with E-state index in [9.17, 15) is 4.39 Å². The molecule has 4 rings (SSSR count). The summed E-state index contributed by atoms with van der Waals surface area (Å²) in [5.74, 6) is 1.27. The van der Waals surface area contributed by atoms with Gasteiger partial charge in [-0.2, -0.15) is 0 Å². The van der Waals surface area contributed by atoms with Crippen LogP contribution >= 0.6 is 34.7 Å². The van der Waals surface area contributed by atoms with Crippen molar-refractivity contribution in [2.24, 2.45) is 0 Å². The van der Waals surface area contributed by atoms with Gasteiger partial charge in [-0.05, 0) is 62.8 Å². The lowest BCUT2D eigenvalue weighted by Gasteiger charge is -2.16. The fraction of sp³-hybridized carbons (Fsp3) is 0.400. The molecule has 3 nitrogen and oxygen atoms in total. The molecule has 0 fully saturated rings. The summed E-state index contributed by atoms with van der Waals surface area (Å²) in [6.07, 6.45) is 4.84. The van der Waals surface area contributed by atoms with E-state index in [-0.39, 0.29) is 11.9 Å². The average molecular weight is 422 g/mol. The van der Waals surface area contributed by atoms with Crippen molar-refractivity contribution in [2.75, 3.05) is 0 Å². The van der Waals surface area contributed by atoms with Crippen LogP contribution in [0, 0.1) is 5.82 Å². The molecule has 1 aliphatic rings. The molecule has 0 aliphatic heterocycles. The minimum Gasteiger partial charge on any atom is -0.299 e. The molecule has 1 aliphatic carbocycles. The summed E-state index contributed by atoms with van der Waals surface area (Å²) < 4.78 is 15.5. The zero-order valence-electron chi connectivity index (χ0n) is 15.3. The molecule has 142 valence electrons. The Hall–Kier alpha value is -1.37. The van der Waals surface area contributed by atoms with Crippen LogP contribution in [0.1, 0.15) is 48.7 Å². The van der Waals surface area contributed by atoms with Gasteiger partial charge >= 0.3 is 0 Å². The van der Waals surface area contributed by atoms with Crippen molar-refractivity contribution in [1.82, 2.24) is 14.8 Å². The molecule has 0 unspecified atom stereocenters. The number of rotatable bonds is 5. The zero-order valence-corrected chi connectivity index (χ0v) is 17.7. The Morgan fingerprint density at radius 2 is 2.07 bits per heavy atom. The molecule has 0 bridgehead atoms. The van der Waals surface area contributed by atoms with Gasteiger partial charge in [0.15, 0.2) is 11.0 Å². The molecule has 0 saturated carbocycles. The smallest absolute Gasteiger partial charge is 0.192 e. The molecule has 27 heavy (non-hydrogen) atoms. The highest BCUT2D eigenvalue weighted by Gasteiger charge is 2.23. The number of aryl methyl sites for hydroxylation is 1. The van der Waals surface area contributed by atoms with Crippen LogP contribution in [-0.4, -0.2) is 14.8 Å². The Labute approximate surface area is 172 Å². The van der Waals surface area contributed by atoms with E-state index >= 15 is 0 Å². The predicted molar refractivity (Wildman–Crippen MR) is 111 cm³/mol. The van der Waals surface area contributed by atoms with Crippen molar-refractivity contribution in [3.63, 3.8) is 0 Å². The van der Waals surface area contributed by atoms with Crippen molar-refractivity contribution in [2.45, 2.75) is 56.5 Å². The highest BCUT2D eigenvalue weighted by molar-refractivity contribution is 7.98. The molecule has 1 aromatic carbocycles. The maximum atomic E-state index is 13.3. The second-order valence-corrected chi connectivity index (χ2v) is 9.37. The summed E-state index contributed by atoms with van der Waals surface area (Å²) in [6.45, 7) is 4.31. The standard InChI is InChI=1S/C20H21ClFN3S2/c1-12(2)25-19(16-11-26-18-6-4-3-5-15(16)18)23-24-20(25)27-10-13-7-8-14(22)9-17(13)21/h7-9,11-12H,3-6,10H2,1-2H3. The molecule has 0 radical (unpaired) electrons. The molecular formula is C20H21ClFN3S2. The van der Waals surface area contributed by atoms with Gasteiger partial charge in [0.1, 0.15) is 5.82 Å². The predicted octanol–water partition coefficient (Wildman–Crippen LogP) is 6.55. The van der Waals surface area contributed by atoms with E-state index in [2.05, 4.69) is 34.0 Å². The van der Waals surface area contributed by atoms with Crippen LogP contribution in [0.15, 0.2) is 28.7 Å². The van der Waals surface area contributed by atoms with Crippen LogP contribution in [-0.2, 0) is 18.6 Å². The van der Waals surface area contributed by atoms with E-state index in [1.807, 2.05) is 11.3 Å². The number of halogens is 2. The first-order valence-corrected chi connectivity index (χ1v) is 11.4. The van der Waals surface area contributed by atoms with Crippen LogP contribution < -0.4 is 0 Å². The quantitative estimate of drug-likeness (QED) is 0.437. The SMILES string of the molecule is CC(C)n1c(SCc2ccc(F)cc2Cl)nnc1-c1csc2c1CCCC2. The number of fused-ring (bicyclic) bond motifs is 1. The third-order valence-electron chi connectivity index (χ3n) is 4.86. The first kappa shape index (κ1) is 19.0. The molecular weight excluding hydrogens is 401 g/mol. The largest absolute Gasteiger partial charge is 0.299 e. The summed E-state index contributed by atoms with van der Waals surface area (Å²) in [5, 5.41) is 12.6. The Kier molecular flexibility index (Phi) is 5.58. The molecule has 7 heteroatoms. The summed E-state index contributed by atoms with van der Waals surface area (Å²) in [6, 6.07) is 4.78. The summed E-state index contributed by atoms with van der Waals surface area (Å²) in [7, 11) is 0.